The van der Waals surface area contributed by atoms with Crippen molar-refractivity contribution in [3.8, 4) is 0 Å². The van der Waals surface area contributed by atoms with Gasteiger partial charge in [-0.3, -0.25) is 0 Å². The number of carbonyl (C=O) groups is 1. The largest absolute Gasteiger partial charge is 0.338 e. The van der Waals surface area contributed by atoms with Crippen molar-refractivity contribution in [1.82, 2.24) is 10.6 Å². The van der Waals surface area contributed by atoms with Gasteiger partial charge in [0, 0.05) is 6.54 Å². The smallest absolute Gasteiger partial charge is 0.315 e. The summed E-state index contributed by atoms with van der Waals surface area (Å²) >= 11 is 0. The average Bonchev–Trinajstić information content (AvgIpc) is 2.51. The first-order valence-electron chi connectivity index (χ1n) is 7.36. The van der Waals surface area contributed by atoms with Gasteiger partial charge in [-0.2, -0.15) is 0 Å². The molecule has 2 rings (SSSR count). The highest BCUT2D eigenvalue weighted by atomic mass is 16.2. The van der Waals surface area contributed by atoms with Crippen LogP contribution in [0.25, 0.3) is 0 Å². The van der Waals surface area contributed by atoms with Crippen molar-refractivity contribution in [2.75, 3.05) is 6.54 Å². The predicted octanol–water partition coefficient (Wildman–Crippen LogP) is 3.79. The fourth-order valence-electron chi connectivity index (χ4n) is 2.27. The molecular weight excluding hydrogens is 260 g/mol. The van der Waals surface area contributed by atoms with E-state index in [9.17, 15) is 4.79 Å². The third kappa shape index (κ3) is 4.35. The van der Waals surface area contributed by atoms with Crippen molar-refractivity contribution in [3.05, 3.63) is 71.3 Å². The molecule has 0 aliphatic rings. The van der Waals surface area contributed by atoms with Gasteiger partial charge in [0.05, 0.1) is 6.04 Å². The maximum absolute atomic E-state index is 12.0. The van der Waals surface area contributed by atoms with E-state index in [0.717, 1.165) is 17.5 Å². The molecule has 0 aliphatic carbocycles. The lowest BCUT2D eigenvalue weighted by atomic mass is 9.97. The van der Waals surface area contributed by atoms with Crippen LogP contribution in [-0.2, 0) is 0 Å². The highest BCUT2D eigenvalue weighted by molar-refractivity contribution is 5.75. The quantitative estimate of drug-likeness (QED) is 0.860. The van der Waals surface area contributed by atoms with E-state index in [-0.39, 0.29) is 12.1 Å². The molecule has 2 aromatic carbocycles. The summed E-state index contributed by atoms with van der Waals surface area (Å²) in [5, 5.41) is 5.93. The summed E-state index contributed by atoms with van der Waals surface area (Å²) in [6.45, 7) is 4.78. The lowest BCUT2D eigenvalue weighted by molar-refractivity contribution is 0.238. The summed E-state index contributed by atoms with van der Waals surface area (Å²) in [6, 6.07) is 18.0. The first kappa shape index (κ1) is 15.1. The van der Waals surface area contributed by atoms with Gasteiger partial charge in [-0.1, -0.05) is 67.1 Å². The summed E-state index contributed by atoms with van der Waals surface area (Å²) in [5.74, 6) is 0. The number of hydrogen-bond donors (Lipinski definition) is 2. The third-order valence-electron chi connectivity index (χ3n) is 3.32. The van der Waals surface area contributed by atoms with Crippen molar-refractivity contribution in [2.24, 2.45) is 0 Å². The zero-order valence-corrected chi connectivity index (χ0v) is 12.6. The summed E-state index contributed by atoms with van der Waals surface area (Å²) in [7, 11) is 0. The minimum absolute atomic E-state index is 0.132. The Labute approximate surface area is 126 Å². The molecule has 0 spiro atoms. The molecule has 0 aliphatic heterocycles. The molecule has 0 saturated heterocycles. The first-order valence-corrected chi connectivity index (χ1v) is 7.36. The van der Waals surface area contributed by atoms with Crippen LogP contribution in [0.3, 0.4) is 0 Å². The second-order valence-electron chi connectivity index (χ2n) is 5.16. The van der Waals surface area contributed by atoms with Gasteiger partial charge in [0.2, 0.25) is 0 Å². The third-order valence-corrected chi connectivity index (χ3v) is 3.32. The first-order chi connectivity index (χ1) is 10.2. The van der Waals surface area contributed by atoms with Crippen LogP contribution in [-0.4, -0.2) is 12.6 Å². The maximum atomic E-state index is 12.0. The lowest BCUT2D eigenvalue weighted by Crippen LogP contribution is -2.38. The zero-order chi connectivity index (χ0) is 15.1. The Morgan fingerprint density at radius 1 is 1.05 bits per heavy atom. The van der Waals surface area contributed by atoms with Crippen LogP contribution >= 0.6 is 0 Å². The Morgan fingerprint density at radius 2 is 1.76 bits per heavy atom. The number of benzene rings is 2. The van der Waals surface area contributed by atoms with Gasteiger partial charge in [-0.25, -0.2) is 4.79 Å². The molecule has 110 valence electrons. The Morgan fingerprint density at radius 3 is 2.43 bits per heavy atom. The summed E-state index contributed by atoms with van der Waals surface area (Å²) in [6.07, 6.45) is 0.924. The van der Waals surface area contributed by atoms with Gasteiger partial charge in [0.25, 0.3) is 0 Å². The van der Waals surface area contributed by atoms with Crippen molar-refractivity contribution >= 4 is 6.03 Å². The molecule has 21 heavy (non-hydrogen) atoms. The van der Waals surface area contributed by atoms with Crippen LogP contribution in [0.1, 0.15) is 36.1 Å². The number of carbonyl (C=O) groups excluding carboxylic acids is 1. The maximum Gasteiger partial charge on any atom is 0.315 e. The number of hydrogen-bond acceptors (Lipinski definition) is 1. The van der Waals surface area contributed by atoms with Crippen LogP contribution in [0.15, 0.2) is 54.6 Å². The molecule has 2 N–H and O–H groups in total. The van der Waals surface area contributed by atoms with Crippen LogP contribution in [0, 0.1) is 6.92 Å². The molecular formula is C18H22N2O. The SMILES string of the molecule is CCCNC(=O)N[C@@H](c1ccccc1)c1cccc(C)c1. The standard InChI is InChI=1S/C18H22N2O/c1-3-12-19-18(21)20-17(15-9-5-4-6-10-15)16-11-7-8-14(2)13-16/h4-11,13,17H,3,12H2,1-2H3,(H2,19,20,21)/t17-/m0/s1. The molecule has 0 aromatic heterocycles. The fraction of sp³-hybridized carbons (Fsp3) is 0.278. The number of nitrogens with one attached hydrogen (secondary N) is 2. The normalized spacial score (nSPS) is 11.7. The van der Waals surface area contributed by atoms with Crippen molar-refractivity contribution in [3.63, 3.8) is 0 Å². The van der Waals surface area contributed by atoms with Gasteiger partial charge >= 0.3 is 6.03 Å². The Hall–Kier alpha value is -2.29. The topological polar surface area (TPSA) is 41.1 Å². The fourth-order valence-corrected chi connectivity index (χ4v) is 2.27. The van der Waals surface area contributed by atoms with Gasteiger partial charge in [0.15, 0.2) is 0 Å². The van der Waals surface area contributed by atoms with E-state index in [4.69, 9.17) is 0 Å². The second kappa shape index (κ2) is 7.48. The Kier molecular flexibility index (Phi) is 5.38. The van der Waals surface area contributed by atoms with E-state index in [0.29, 0.717) is 6.54 Å². The van der Waals surface area contributed by atoms with Gasteiger partial charge < -0.3 is 10.6 Å². The van der Waals surface area contributed by atoms with Crippen molar-refractivity contribution in [2.45, 2.75) is 26.3 Å². The number of aryl methyl sites for hydroxylation is 1. The molecule has 0 fully saturated rings. The van der Waals surface area contributed by atoms with Crippen molar-refractivity contribution < 1.29 is 4.79 Å². The monoisotopic (exact) mass is 282 g/mol. The molecule has 3 heteroatoms. The van der Waals surface area contributed by atoms with E-state index < -0.39 is 0 Å². The summed E-state index contributed by atoms with van der Waals surface area (Å²) in [4.78, 5) is 12.0. The van der Waals surface area contributed by atoms with E-state index in [1.54, 1.807) is 0 Å². The zero-order valence-electron chi connectivity index (χ0n) is 12.6. The highest BCUT2D eigenvalue weighted by Crippen LogP contribution is 2.22. The van der Waals surface area contributed by atoms with Crippen LogP contribution in [0.5, 0.6) is 0 Å². The number of amides is 2. The summed E-state index contributed by atoms with van der Waals surface area (Å²) < 4.78 is 0. The van der Waals surface area contributed by atoms with E-state index >= 15 is 0 Å². The molecule has 2 aromatic rings. The number of rotatable bonds is 5. The predicted molar refractivity (Wildman–Crippen MR) is 86.3 cm³/mol. The molecule has 0 radical (unpaired) electrons. The minimum atomic E-state index is -0.136. The molecule has 0 unspecified atom stereocenters. The van der Waals surface area contributed by atoms with Crippen LogP contribution < -0.4 is 10.6 Å². The molecule has 1 atom stereocenters. The van der Waals surface area contributed by atoms with Gasteiger partial charge in [-0.05, 0) is 24.5 Å². The molecule has 3 nitrogen and oxygen atoms in total. The highest BCUT2D eigenvalue weighted by Gasteiger charge is 2.16. The second-order valence-corrected chi connectivity index (χ2v) is 5.16. The van der Waals surface area contributed by atoms with Crippen LogP contribution in [0.4, 0.5) is 4.79 Å². The van der Waals surface area contributed by atoms with E-state index in [2.05, 4.69) is 29.7 Å². The van der Waals surface area contributed by atoms with Gasteiger partial charge in [0.1, 0.15) is 0 Å². The Bertz CT molecular complexity index is 581. The van der Waals surface area contributed by atoms with E-state index in [1.807, 2.05) is 49.4 Å². The molecule has 0 saturated carbocycles. The minimum Gasteiger partial charge on any atom is -0.338 e. The Balaban J connectivity index is 2.25. The molecule has 0 bridgehead atoms. The molecule has 0 heterocycles. The summed E-state index contributed by atoms with van der Waals surface area (Å²) in [5.41, 5.74) is 3.35. The van der Waals surface area contributed by atoms with Gasteiger partial charge in [-0.15, -0.1) is 0 Å². The van der Waals surface area contributed by atoms with E-state index in [1.165, 1.54) is 5.56 Å². The number of urea groups is 1. The van der Waals surface area contributed by atoms with Crippen molar-refractivity contribution in [1.29, 1.82) is 0 Å². The lowest BCUT2D eigenvalue weighted by Gasteiger charge is -2.20. The average molecular weight is 282 g/mol. The van der Waals surface area contributed by atoms with Crippen LogP contribution in [0.2, 0.25) is 0 Å². The molecule has 2 amide bonds.